The number of hydrogen-bond donors (Lipinski definition) is 1. The predicted molar refractivity (Wildman–Crippen MR) is 71.2 cm³/mol. The Morgan fingerprint density at radius 2 is 2.00 bits per heavy atom. The Morgan fingerprint density at radius 3 is 2.50 bits per heavy atom. The topological polar surface area (TPSA) is 55.4 Å². The second kappa shape index (κ2) is 6.03. The highest BCUT2D eigenvalue weighted by Crippen LogP contribution is 2.38. The molecule has 0 heterocycles. The first-order valence-corrected chi connectivity index (χ1v) is 6.64. The molecule has 4 nitrogen and oxygen atoms in total. The fourth-order valence-electron chi connectivity index (χ4n) is 2.16. The van der Waals surface area contributed by atoms with Crippen molar-refractivity contribution in [1.29, 1.82) is 0 Å². The number of hydrogen-bond acceptors (Lipinski definition) is 3. The summed E-state index contributed by atoms with van der Waals surface area (Å²) in [6.45, 7) is 2.01. The van der Waals surface area contributed by atoms with E-state index >= 15 is 0 Å². The molecule has 0 spiro atoms. The second-order valence-electron chi connectivity index (χ2n) is 5.21. The van der Waals surface area contributed by atoms with E-state index in [0.29, 0.717) is 11.5 Å². The SMILES string of the molecule is COC(=O)CC(NC(=O)C1CC1C)c1ccc(F)cc1. The molecule has 1 aliphatic rings. The largest absolute Gasteiger partial charge is 0.469 e. The summed E-state index contributed by atoms with van der Waals surface area (Å²) < 4.78 is 17.6. The van der Waals surface area contributed by atoms with Gasteiger partial charge >= 0.3 is 5.97 Å². The second-order valence-corrected chi connectivity index (χ2v) is 5.21. The van der Waals surface area contributed by atoms with Crippen LogP contribution in [0.15, 0.2) is 24.3 Å². The van der Waals surface area contributed by atoms with Crippen LogP contribution in [0.3, 0.4) is 0 Å². The summed E-state index contributed by atoms with van der Waals surface area (Å²) in [6, 6.07) is 5.28. The minimum absolute atomic E-state index is 0.0237. The zero-order valence-electron chi connectivity index (χ0n) is 11.6. The molecular weight excluding hydrogens is 261 g/mol. The van der Waals surface area contributed by atoms with E-state index in [1.54, 1.807) is 12.1 Å². The number of benzene rings is 1. The molecule has 1 aliphatic carbocycles. The Hall–Kier alpha value is -1.91. The third-order valence-electron chi connectivity index (χ3n) is 3.63. The fourth-order valence-corrected chi connectivity index (χ4v) is 2.16. The van der Waals surface area contributed by atoms with Crippen LogP contribution in [0.4, 0.5) is 4.39 Å². The normalized spacial score (nSPS) is 21.9. The number of methoxy groups -OCH3 is 1. The van der Waals surface area contributed by atoms with Crippen molar-refractivity contribution in [1.82, 2.24) is 5.32 Å². The quantitative estimate of drug-likeness (QED) is 0.841. The van der Waals surface area contributed by atoms with Gasteiger partial charge in [-0.2, -0.15) is 0 Å². The van der Waals surface area contributed by atoms with Crippen LogP contribution in [0, 0.1) is 17.7 Å². The lowest BCUT2D eigenvalue weighted by molar-refractivity contribution is -0.141. The molecule has 1 aromatic carbocycles. The van der Waals surface area contributed by atoms with Crippen molar-refractivity contribution in [3.05, 3.63) is 35.6 Å². The molecule has 0 bridgehead atoms. The number of rotatable bonds is 5. The standard InChI is InChI=1S/C15H18FNO3/c1-9-7-12(9)15(19)17-13(8-14(18)20-2)10-3-5-11(16)6-4-10/h3-6,9,12-13H,7-8H2,1-2H3,(H,17,19). The number of nitrogens with one attached hydrogen (secondary N) is 1. The summed E-state index contributed by atoms with van der Waals surface area (Å²) in [5.74, 6) is -0.413. The van der Waals surface area contributed by atoms with E-state index in [-0.39, 0.29) is 24.1 Å². The van der Waals surface area contributed by atoms with Gasteiger partial charge < -0.3 is 10.1 Å². The highest BCUT2D eigenvalue weighted by atomic mass is 19.1. The van der Waals surface area contributed by atoms with E-state index in [4.69, 9.17) is 0 Å². The summed E-state index contributed by atoms with van der Waals surface area (Å²) in [7, 11) is 1.30. The molecule has 20 heavy (non-hydrogen) atoms. The van der Waals surface area contributed by atoms with E-state index in [0.717, 1.165) is 6.42 Å². The summed E-state index contributed by atoms with van der Waals surface area (Å²) in [4.78, 5) is 23.4. The van der Waals surface area contributed by atoms with Crippen LogP contribution in [0.2, 0.25) is 0 Å². The van der Waals surface area contributed by atoms with Gasteiger partial charge in [0.2, 0.25) is 5.91 Å². The van der Waals surface area contributed by atoms with Gasteiger partial charge in [-0.15, -0.1) is 0 Å². The Balaban J connectivity index is 2.09. The lowest BCUT2D eigenvalue weighted by Gasteiger charge is -2.18. The summed E-state index contributed by atoms with van der Waals surface area (Å²) in [6.07, 6.45) is 0.912. The van der Waals surface area contributed by atoms with Crippen molar-refractivity contribution in [3.8, 4) is 0 Å². The van der Waals surface area contributed by atoms with Crippen LogP contribution in [-0.2, 0) is 14.3 Å². The van der Waals surface area contributed by atoms with Gasteiger partial charge in [-0.1, -0.05) is 19.1 Å². The molecule has 1 amide bonds. The maximum absolute atomic E-state index is 13.0. The predicted octanol–water partition coefficient (Wildman–Crippen LogP) is 2.20. The van der Waals surface area contributed by atoms with Crippen molar-refractivity contribution in [3.63, 3.8) is 0 Å². The first-order valence-electron chi connectivity index (χ1n) is 6.64. The van der Waals surface area contributed by atoms with Gasteiger partial charge in [-0.3, -0.25) is 9.59 Å². The summed E-state index contributed by atoms with van der Waals surface area (Å²) in [5, 5.41) is 2.85. The lowest BCUT2D eigenvalue weighted by Crippen LogP contribution is -2.32. The van der Waals surface area contributed by atoms with E-state index < -0.39 is 12.0 Å². The number of esters is 1. The van der Waals surface area contributed by atoms with Gasteiger partial charge in [0.05, 0.1) is 19.6 Å². The van der Waals surface area contributed by atoms with Crippen molar-refractivity contribution >= 4 is 11.9 Å². The number of halogens is 1. The molecule has 1 saturated carbocycles. The maximum atomic E-state index is 13.0. The van der Waals surface area contributed by atoms with Crippen LogP contribution >= 0.6 is 0 Å². The fraction of sp³-hybridized carbons (Fsp3) is 0.467. The van der Waals surface area contributed by atoms with Gasteiger partial charge in [0, 0.05) is 5.92 Å². The van der Waals surface area contributed by atoms with Crippen molar-refractivity contribution in [2.45, 2.75) is 25.8 Å². The Bertz CT molecular complexity index is 500. The van der Waals surface area contributed by atoms with Crippen molar-refractivity contribution < 1.29 is 18.7 Å². The average molecular weight is 279 g/mol. The van der Waals surface area contributed by atoms with Crippen molar-refractivity contribution in [2.24, 2.45) is 11.8 Å². The molecule has 1 N–H and O–H groups in total. The van der Waals surface area contributed by atoms with Crippen LogP contribution in [0.1, 0.15) is 31.4 Å². The first-order chi connectivity index (χ1) is 9.51. The van der Waals surface area contributed by atoms with Crippen LogP contribution in [-0.4, -0.2) is 19.0 Å². The Labute approximate surface area is 117 Å². The molecule has 0 aromatic heterocycles. The number of carbonyl (C=O) groups is 2. The smallest absolute Gasteiger partial charge is 0.307 e. The Kier molecular flexibility index (Phi) is 4.37. The summed E-state index contributed by atoms with van der Waals surface area (Å²) in [5.41, 5.74) is 0.693. The zero-order valence-corrected chi connectivity index (χ0v) is 11.6. The molecule has 5 heteroatoms. The maximum Gasteiger partial charge on any atom is 0.307 e. The van der Waals surface area contributed by atoms with E-state index in [2.05, 4.69) is 10.1 Å². The number of amides is 1. The molecule has 0 aliphatic heterocycles. The van der Waals surface area contributed by atoms with Gasteiger partial charge in [-0.05, 0) is 30.0 Å². The van der Waals surface area contributed by atoms with Crippen LogP contribution < -0.4 is 5.32 Å². The molecule has 2 rings (SSSR count). The van der Waals surface area contributed by atoms with Gasteiger partial charge in [0.1, 0.15) is 5.82 Å². The molecule has 0 radical (unpaired) electrons. The third-order valence-corrected chi connectivity index (χ3v) is 3.63. The zero-order chi connectivity index (χ0) is 14.7. The molecule has 0 saturated heterocycles. The van der Waals surface area contributed by atoms with Crippen LogP contribution in [0.25, 0.3) is 0 Å². The molecular formula is C15H18FNO3. The van der Waals surface area contributed by atoms with Crippen molar-refractivity contribution in [2.75, 3.05) is 7.11 Å². The van der Waals surface area contributed by atoms with E-state index in [9.17, 15) is 14.0 Å². The summed E-state index contributed by atoms with van der Waals surface area (Å²) >= 11 is 0. The van der Waals surface area contributed by atoms with Gasteiger partial charge in [0.25, 0.3) is 0 Å². The molecule has 3 unspecified atom stereocenters. The monoisotopic (exact) mass is 279 g/mol. The minimum atomic E-state index is -0.483. The number of carbonyl (C=O) groups excluding carboxylic acids is 2. The lowest BCUT2D eigenvalue weighted by atomic mass is 10.0. The number of ether oxygens (including phenoxy) is 1. The molecule has 3 atom stereocenters. The van der Waals surface area contributed by atoms with E-state index in [1.165, 1.54) is 19.2 Å². The highest BCUT2D eigenvalue weighted by Gasteiger charge is 2.40. The Morgan fingerprint density at radius 1 is 1.40 bits per heavy atom. The average Bonchev–Trinajstić information content (AvgIpc) is 3.16. The van der Waals surface area contributed by atoms with Gasteiger partial charge in [0.15, 0.2) is 0 Å². The van der Waals surface area contributed by atoms with Gasteiger partial charge in [-0.25, -0.2) is 4.39 Å². The van der Waals surface area contributed by atoms with Crippen LogP contribution in [0.5, 0.6) is 0 Å². The third kappa shape index (κ3) is 3.56. The molecule has 1 fully saturated rings. The molecule has 1 aromatic rings. The minimum Gasteiger partial charge on any atom is -0.469 e. The molecule has 108 valence electrons. The van der Waals surface area contributed by atoms with E-state index in [1.807, 2.05) is 6.92 Å². The first kappa shape index (κ1) is 14.5. The highest BCUT2D eigenvalue weighted by molar-refractivity contribution is 5.82.